The van der Waals surface area contributed by atoms with E-state index in [0.717, 1.165) is 27.6 Å². The van der Waals surface area contributed by atoms with Crippen molar-refractivity contribution < 1.29 is 23.1 Å². The zero-order valence-electron chi connectivity index (χ0n) is 21.8. The van der Waals surface area contributed by atoms with Crippen molar-refractivity contribution in [1.29, 1.82) is 0 Å². The molecule has 0 amide bonds. The summed E-state index contributed by atoms with van der Waals surface area (Å²) in [5, 5.41) is 10.6. The van der Waals surface area contributed by atoms with Gasteiger partial charge in [-0.1, -0.05) is 72.3 Å². The van der Waals surface area contributed by atoms with Gasteiger partial charge in [-0.15, -0.1) is 0 Å². The molecule has 40 heavy (non-hydrogen) atoms. The van der Waals surface area contributed by atoms with Gasteiger partial charge in [0.1, 0.15) is 5.75 Å². The molecule has 0 saturated carbocycles. The third kappa shape index (κ3) is 6.06. The predicted octanol–water partition coefficient (Wildman–Crippen LogP) is 6.80. The summed E-state index contributed by atoms with van der Waals surface area (Å²) in [5.74, 6) is -0.631. The van der Waals surface area contributed by atoms with Gasteiger partial charge in [-0.25, -0.2) is 13.2 Å². The largest absolute Gasteiger partial charge is 0.493 e. The van der Waals surface area contributed by atoms with Crippen molar-refractivity contribution in [3.8, 4) is 5.75 Å². The molecule has 8 heteroatoms. The molecule has 0 aliphatic heterocycles. The van der Waals surface area contributed by atoms with E-state index in [9.17, 15) is 13.2 Å². The first-order chi connectivity index (χ1) is 19.2. The van der Waals surface area contributed by atoms with Gasteiger partial charge in [0.15, 0.2) is 9.84 Å². The maximum atomic E-state index is 12.8. The fourth-order valence-corrected chi connectivity index (χ4v) is 6.09. The molecular formula is C32H28ClNO5S. The number of fused-ring (bicyclic) bond motifs is 1. The topological polar surface area (TPSA) is 85.6 Å². The fourth-order valence-electron chi connectivity index (χ4n) is 5.11. The summed E-state index contributed by atoms with van der Waals surface area (Å²) in [5.41, 5.74) is 4.63. The Balaban J connectivity index is 1.65. The van der Waals surface area contributed by atoms with Gasteiger partial charge in [0.25, 0.3) is 0 Å². The Kier molecular flexibility index (Phi) is 7.96. The molecule has 0 fully saturated rings. The summed E-state index contributed by atoms with van der Waals surface area (Å²) >= 11 is 6.46. The predicted molar refractivity (Wildman–Crippen MR) is 158 cm³/mol. The van der Waals surface area contributed by atoms with Gasteiger partial charge in [-0.3, -0.25) is 0 Å². The molecule has 5 aromatic rings. The van der Waals surface area contributed by atoms with Gasteiger partial charge in [0, 0.05) is 34.3 Å². The first kappa shape index (κ1) is 27.5. The molecule has 1 aromatic heterocycles. The van der Waals surface area contributed by atoms with Crippen molar-refractivity contribution in [3.05, 3.63) is 136 Å². The van der Waals surface area contributed by atoms with Crippen LogP contribution in [-0.4, -0.2) is 36.9 Å². The van der Waals surface area contributed by atoms with Crippen LogP contribution in [0.3, 0.4) is 0 Å². The highest BCUT2D eigenvalue weighted by Gasteiger charge is 2.27. The molecule has 0 unspecified atom stereocenters. The van der Waals surface area contributed by atoms with Gasteiger partial charge < -0.3 is 14.4 Å². The van der Waals surface area contributed by atoms with E-state index in [1.165, 1.54) is 18.4 Å². The van der Waals surface area contributed by atoms with E-state index in [1.807, 2.05) is 78.9 Å². The highest BCUT2D eigenvalue weighted by molar-refractivity contribution is 7.89. The minimum Gasteiger partial charge on any atom is -0.493 e. The monoisotopic (exact) mass is 573 g/mol. The summed E-state index contributed by atoms with van der Waals surface area (Å²) < 4.78 is 33.7. The SMILES string of the molecule is CS(=O)(=O)Cc1c(CCOc2ccc(C(=O)O)cc2)c2cc(Cl)ccc2n1C(c1ccccc1)c1ccccc1. The van der Waals surface area contributed by atoms with Crippen LogP contribution < -0.4 is 4.74 Å². The standard InChI is InChI=1S/C32H28ClNO5S/c1-40(37,38)21-30-27(18-19-39-26-15-12-24(13-16-26)32(35)36)28-20-25(33)14-17-29(28)34(30)31(22-8-4-2-5-9-22)23-10-6-3-7-11-23/h2-17,20,31H,18-19,21H2,1H3,(H,35,36). The van der Waals surface area contributed by atoms with E-state index in [-0.39, 0.29) is 24.0 Å². The average molecular weight is 574 g/mol. The lowest BCUT2D eigenvalue weighted by molar-refractivity contribution is 0.0697. The van der Waals surface area contributed by atoms with E-state index in [1.54, 1.807) is 12.1 Å². The quantitative estimate of drug-likeness (QED) is 0.199. The van der Waals surface area contributed by atoms with Crippen LogP contribution in [0.4, 0.5) is 0 Å². The van der Waals surface area contributed by atoms with E-state index in [4.69, 9.17) is 21.4 Å². The third-order valence-corrected chi connectivity index (χ3v) is 7.83. The summed E-state index contributed by atoms with van der Waals surface area (Å²) in [6.45, 7) is 0.260. The minimum atomic E-state index is -3.42. The number of nitrogens with zero attached hydrogens (tertiary/aromatic N) is 1. The normalized spacial score (nSPS) is 11.7. The number of carbonyl (C=O) groups is 1. The van der Waals surface area contributed by atoms with E-state index in [2.05, 4.69) is 4.57 Å². The maximum absolute atomic E-state index is 12.8. The van der Waals surface area contributed by atoms with Crippen molar-refractivity contribution in [2.24, 2.45) is 0 Å². The Morgan fingerprint density at radius 3 is 2.05 bits per heavy atom. The smallest absolute Gasteiger partial charge is 0.335 e. The Bertz CT molecular complexity index is 1710. The summed E-state index contributed by atoms with van der Waals surface area (Å²) in [6, 6.07) is 31.6. The molecule has 0 aliphatic carbocycles. The number of hydrogen-bond donors (Lipinski definition) is 1. The van der Waals surface area contributed by atoms with E-state index in [0.29, 0.717) is 22.9 Å². The highest BCUT2D eigenvalue weighted by Crippen LogP contribution is 2.38. The molecule has 4 aromatic carbocycles. The summed E-state index contributed by atoms with van der Waals surface area (Å²) in [6.07, 6.45) is 1.66. The van der Waals surface area contributed by atoms with Crippen molar-refractivity contribution in [2.75, 3.05) is 12.9 Å². The number of carboxylic acid groups (broad SMARTS) is 1. The molecule has 0 aliphatic rings. The number of benzene rings is 4. The number of hydrogen-bond acceptors (Lipinski definition) is 4. The molecule has 0 saturated heterocycles. The Labute approximate surface area is 238 Å². The van der Waals surface area contributed by atoms with Crippen LogP contribution in [0, 0.1) is 0 Å². The molecule has 1 N–H and O–H groups in total. The molecule has 0 spiro atoms. The zero-order chi connectivity index (χ0) is 28.3. The number of halogens is 1. The average Bonchev–Trinajstić information content (AvgIpc) is 3.21. The van der Waals surface area contributed by atoms with Gasteiger partial charge in [-0.05, 0) is 59.2 Å². The van der Waals surface area contributed by atoms with Crippen LogP contribution in [0.2, 0.25) is 5.02 Å². The second kappa shape index (κ2) is 11.6. The summed E-state index contributed by atoms with van der Waals surface area (Å²) in [7, 11) is -3.42. The third-order valence-electron chi connectivity index (χ3n) is 6.79. The number of sulfone groups is 1. The van der Waals surface area contributed by atoms with E-state index < -0.39 is 15.8 Å². The Hall–Kier alpha value is -4.07. The van der Waals surface area contributed by atoms with Gasteiger partial charge in [0.2, 0.25) is 0 Å². The second-order valence-electron chi connectivity index (χ2n) is 9.68. The van der Waals surface area contributed by atoms with Crippen LogP contribution in [0.1, 0.15) is 38.8 Å². The minimum absolute atomic E-state index is 0.155. The number of carboxylic acids is 1. The Morgan fingerprint density at radius 2 is 1.50 bits per heavy atom. The maximum Gasteiger partial charge on any atom is 0.335 e. The van der Waals surface area contributed by atoms with Crippen LogP contribution in [0.5, 0.6) is 5.75 Å². The molecule has 0 radical (unpaired) electrons. The van der Waals surface area contributed by atoms with Crippen molar-refractivity contribution in [3.63, 3.8) is 0 Å². The Morgan fingerprint density at radius 1 is 0.900 bits per heavy atom. The number of aromatic nitrogens is 1. The lowest BCUT2D eigenvalue weighted by Gasteiger charge is -2.24. The van der Waals surface area contributed by atoms with Gasteiger partial charge >= 0.3 is 5.97 Å². The lowest BCUT2D eigenvalue weighted by Crippen LogP contribution is -2.18. The highest BCUT2D eigenvalue weighted by atomic mass is 35.5. The van der Waals surface area contributed by atoms with Gasteiger partial charge in [0.05, 0.1) is 24.0 Å². The molecule has 5 rings (SSSR count). The van der Waals surface area contributed by atoms with Crippen molar-refractivity contribution >= 4 is 38.3 Å². The van der Waals surface area contributed by atoms with Crippen LogP contribution in [0.15, 0.2) is 103 Å². The van der Waals surface area contributed by atoms with Crippen LogP contribution in [0.25, 0.3) is 10.9 Å². The second-order valence-corrected chi connectivity index (χ2v) is 12.3. The van der Waals surface area contributed by atoms with Crippen LogP contribution >= 0.6 is 11.6 Å². The molecular weight excluding hydrogens is 546 g/mol. The van der Waals surface area contributed by atoms with E-state index >= 15 is 0 Å². The number of ether oxygens (including phenoxy) is 1. The first-order valence-corrected chi connectivity index (χ1v) is 15.2. The molecule has 204 valence electrons. The van der Waals surface area contributed by atoms with Crippen molar-refractivity contribution in [2.45, 2.75) is 18.2 Å². The van der Waals surface area contributed by atoms with Gasteiger partial charge in [-0.2, -0.15) is 0 Å². The van der Waals surface area contributed by atoms with Crippen molar-refractivity contribution in [1.82, 2.24) is 4.57 Å². The number of aromatic carboxylic acids is 1. The fraction of sp³-hybridized carbons (Fsp3) is 0.156. The molecule has 0 atom stereocenters. The number of rotatable bonds is 10. The summed E-state index contributed by atoms with van der Waals surface area (Å²) in [4.78, 5) is 11.2. The first-order valence-electron chi connectivity index (χ1n) is 12.8. The molecule has 1 heterocycles. The molecule has 6 nitrogen and oxygen atoms in total. The van der Waals surface area contributed by atoms with Crippen LogP contribution in [-0.2, 0) is 22.0 Å². The zero-order valence-corrected chi connectivity index (χ0v) is 23.4. The lowest BCUT2D eigenvalue weighted by atomic mass is 9.98. The molecule has 0 bridgehead atoms.